The van der Waals surface area contributed by atoms with Crippen LogP contribution >= 0.6 is 0 Å². The maximum Gasteiger partial charge on any atom is 0.326 e. The summed E-state index contributed by atoms with van der Waals surface area (Å²) in [5, 5.41) is 44.0. The maximum atomic E-state index is 12.5. The standard InChI is InChI=1S/C18H32N4O9/c1-5-7(2)13(18(30)31)21-15(27)10(6-11(25)26)20-17(29)14(9(4)24)22-16(28)12(19)8(3)23/h7-10,12-14,23-24H,5-6,19H2,1-4H3,(H,20,29)(H,21,27)(H,22,28)(H,25,26)(H,30,31). The minimum Gasteiger partial charge on any atom is -0.481 e. The Bertz CT molecular complexity index is 668. The number of aliphatic carboxylic acids is 2. The molecule has 0 aromatic rings. The van der Waals surface area contributed by atoms with Crippen LogP contribution in [-0.4, -0.2) is 86.5 Å². The van der Waals surface area contributed by atoms with Gasteiger partial charge in [-0.2, -0.15) is 0 Å². The number of carbonyl (C=O) groups is 5. The molecule has 0 aromatic carbocycles. The van der Waals surface area contributed by atoms with Gasteiger partial charge in [-0.25, -0.2) is 4.79 Å². The van der Waals surface area contributed by atoms with Crippen molar-refractivity contribution in [3.05, 3.63) is 0 Å². The fourth-order valence-corrected chi connectivity index (χ4v) is 2.46. The van der Waals surface area contributed by atoms with E-state index in [0.717, 1.165) is 6.92 Å². The molecule has 0 fully saturated rings. The van der Waals surface area contributed by atoms with Crippen molar-refractivity contribution in [3.8, 4) is 0 Å². The van der Waals surface area contributed by atoms with Gasteiger partial charge < -0.3 is 42.1 Å². The van der Waals surface area contributed by atoms with Gasteiger partial charge in [0.15, 0.2) is 0 Å². The van der Waals surface area contributed by atoms with E-state index in [9.17, 15) is 39.3 Å². The molecule has 7 unspecified atom stereocenters. The summed E-state index contributed by atoms with van der Waals surface area (Å²) in [5.41, 5.74) is 5.48. The molecule has 0 rings (SSSR count). The highest BCUT2D eigenvalue weighted by molar-refractivity contribution is 5.95. The van der Waals surface area contributed by atoms with Crippen molar-refractivity contribution in [3.63, 3.8) is 0 Å². The van der Waals surface area contributed by atoms with E-state index in [2.05, 4.69) is 16.0 Å². The van der Waals surface area contributed by atoms with E-state index in [1.807, 2.05) is 0 Å². The zero-order chi connectivity index (χ0) is 24.5. The SMILES string of the molecule is CCC(C)C(NC(=O)C(CC(=O)O)NC(=O)C(NC(=O)C(N)C(C)O)C(C)O)C(=O)O. The van der Waals surface area contributed by atoms with Crippen molar-refractivity contribution in [2.75, 3.05) is 0 Å². The zero-order valence-electron chi connectivity index (χ0n) is 17.9. The summed E-state index contributed by atoms with van der Waals surface area (Å²) < 4.78 is 0. The predicted molar refractivity (Wildman–Crippen MR) is 106 cm³/mol. The lowest BCUT2D eigenvalue weighted by Crippen LogP contribution is -2.61. The quantitative estimate of drug-likeness (QED) is 0.144. The Morgan fingerprint density at radius 1 is 0.806 bits per heavy atom. The molecule has 9 N–H and O–H groups in total. The number of carboxylic acid groups (broad SMARTS) is 2. The normalized spacial score (nSPS) is 17.8. The van der Waals surface area contributed by atoms with Gasteiger partial charge in [-0.15, -0.1) is 0 Å². The molecule has 13 nitrogen and oxygen atoms in total. The average Bonchev–Trinajstić information content (AvgIpc) is 2.66. The number of amides is 3. The summed E-state index contributed by atoms with van der Waals surface area (Å²) in [5.74, 6) is -6.38. The monoisotopic (exact) mass is 448 g/mol. The number of rotatable bonds is 13. The molecule has 7 atom stereocenters. The van der Waals surface area contributed by atoms with E-state index in [-0.39, 0.29) is 0 Å². The van der Waals surface area contributed by atoms with Crippen LogP contribution in [-0.2, 0) is 24.0 Å². The first-order valence-corrected chi connectivity index (χ1v) is 9.70. The molecule has 0 aliphatic carbocycles. The zero-order valence-corrected chi connectivity index (χ0v) is 17.9. The number of hydrogen-bond acceptors (Lipinski definition) is 8. The van der Waals surface area contributed by atoms with Crippen LogP contribution in [0.1, 0.15) is 40.5 Å². The first-order chi connectivity index (χ1) is 14.2. The topological polar surface area (TPSA) is 228 Å². The Balaban J connectivity index is 5.52. The highest BCUT2D eigenvalue weighted by Crippen LogP contribution is 2.09. The van der Waals surface area contributed by atoms with Gasteiger partial charge in [0.25, 0.3) is 0 Å². The molecular formula is C18H32N4O9. The van der Waals surface area contributed by atoms with Crippen molar-refractivity contribution in [2.45, 2.75) is 76.9 Å². The van der Waals surface area contributed by atoms with Crippen molar-refractivity contribution in [1.82, 2.24) is 16.0 Å². The highest BCUT2D eigenvalue weighted by atomic mass is 16.4. The van der Waals surface area contributed by atoms with Crippen LogP contribution in [0.2, 0.25) is 0 Å². The molecular weight excluding hydrogens is 416 g/mol. The number of nitrogens with one attached hydrogen (secondary N) is 3. The lowest BCUT2D eigenvalue weighted by molar-refractivity contribution is -0.145. The Morgan fingerprint density at radius 3 is 1.71 bits per heavy atom. The van der Waals surface area contributed by atoms with Crippen LogP contribution in [0.5, 0.6) is 0 Å². The van der Waals surface area contributed by atoms with Crippen molar-refractivity contribution in [1.29, 1.82) is 0 Å². The molecule has 0 aromatic heterocycles. The molecule has 0 aliphatic rings. The number of carboxylic acids is 2. The van der Waals surface area contributed by atoms with Crippen molar-refractivity contribution < 1.29 is 44.4 Å². The molecule has 0 saturated heterocycles. The van der Waals surface area contributed by atoms with E-state index in [1.165, 1.54) is 6.92 Å². The van der Waals surface area contributed by atoms with Crippen LogP contribution in [0, 0.1) is 5.92 Å². The number of aliphatic hydroxyl groups excluding tert-OH is 2. The second-order valence-electron chi connectivity index (χ2n) is 7.36. The molecule has 0 bridgehead atoms. The van der Waals surface area contributed by atoms with Crippen LogP contribution in [0.15, 0.2) is 0 Å². The number of carbonyl (C=O) groups excluding carboxylic acids is 3. The van der Waals surface area contributed by atoms with Gasteiger partial charge >= 0.3 is 11.9 Å². The Labute approximate surface area is 179 Å². The summed E-state index contributed by atoms with van der Waals surface area (Å²) >= 11 is 0. The minimum atomic E-state index is -1.68. The van der Waals surface area contributed by atoms with Crippen LogP contribution < -0.4 is 21.7 Å². The van der Waals surface area contributed by atoms with Gasteiger partial charge in [0, 0.05) is 0 Å². The van der Waals surface area contributed by atoms with E-state index in [4.69, 9.17) is 10.8 Å². The lowest BCUT2D eigenvalue weighted by atomic mass is 9.98. The Morgan fingerprint density at radius 2 is 1.32 bits per heavy atom. The third kappa shape index (κ3) is 9.27. The number of nitrogens with two attached hydrogens (primary N) is 1. The molecule has 0 saturated carbocycles. The molecule has 178 valence electrons. The largest absolute Gasteiger partial charge is 0.481 e. The van der Waals surface area contributed by atoms with Gasteiger partial charge in [-0.1, -0.05) is 20.3 Å². The van der Waals surface area contributed by atoms with Gasteiger partial charge in [-0.3, -0.25) is 19.2 Å². The van der Waals surface area contributed by atoms with Crippen LogP contribution in [0.3, 0.4) is 0 Å². The van der Waals surface area contributed by atoms with E-state index in [0.29, 0.717) is 6.42 Å². The minimum absolute atomic E-state index is 0.410. The second-order valence-corrected chi connectivity index (χ2v) is 7.36. The van der Waals surface area contributed by atoms with Gasteiger partial charge in [0.1, 0.15) is 24.2 Å². The van der Waals surface area contributed by atoms with Crippen molar-refractivity contribution >= 4 is 29.7 Å². The summed E-state index contributed by atoms with van der Waals surface area (Å²) in [6, 6.07) is -6.02. The van der Waals surface area contributed by atoms with E-state index in [1.54, 1.807) is 13.8 Å². The second kappa shape index (κ2) is 12.8. The summed E-state index contributed by atoms with van der Waals surface area (Å²) in [6.07, 6.45) is -3.19. The first-order valence-electron chi connectivity index (χ1n) is 9.70. The fraction of sp³-hybridized carbons (Fsp3) is 0.722. The lowest BCUT2D eigenvalue weighted by Gasteiger charge is -2.27. The maximum absolute atomic E-state index is 12.5. The molecule has 31 heavy (non-hydrogen) atoms. The van der Waals surface area contributed by atoms with E-state index >= 15 is 0 Å². The van der Waals surface area contributed by atoms with Gasteiger partial charge in [-0.05, 0) is 19.8 Å². The molecule has 0 heterocycles. The number of hydrogen-bond donors (Lipinski definition) is 8. The molecule has 0 radical (unpaired) electrons. The van der Waals surface area contributed by atoms with Crippen LogP contribution in [0.25, 0.3) is 0 Å². The fourth-order valence-electron chi connectivity index (χ4n) is 2.46. The highest BCUT2D eigenvalue weighted by Gasteiger charge is 2.34. The summed E-state index contributed by atoms with van der Waals surface area (Å²) in [6.45, 7) is 5.69. The van der Waals surface area contributed by atoms with Gasteiger partial charge in [0.2, 0.25) is 17.7 Å². The van der Waals surface area contributed by atoms with Crippen LogP contribution in [0.4, 0.5) is 0 Å². The molecule has 0 spiro atoms. The first kappa shape index (κ1) is 28.2. The Hall–Kier alpha value is -2.77. The summed E-state index contributed by atoms with van der Waals surface area (Å²) in [4.78, 5) is 59.6. The van der Waals surface area contributed by atoms with E-state index < -0.39 is 78.4 Å². The Kier molecular flexibility index (Phi) is 11.7. The molecule has 3 amide bonds. The van der Waals surface area contributed by atoms with Crippen molar-refractivity contribution in [2.24, 2.45) is 11.7 Å². The third-order valence-electron chi connectivity index (χ3n) is 4.67. The smallest absolute Gasteiger partial charge is 0.326 e. The average molecular weight is 448 g/mol. The third-order valence-corrected chi connectivity index (χ3v) is 4.67. The predicted octanol–water partition coefficient (Wildman–Crippen LogP) is -2.86. The summed E-state index contributed by atoms with van der Waals surface area (Å²) in [7, 11) is 0. The van der Waals surface area contributed by atoms with Gasteiger partial charge in [0.05, 0.1) is 18.6 Å². The molecule has 13 heteroatoms. The molecule has 0 aliphatic heterocycles. The number of aliphatic hydroxyl groups is 2.